The van der Waals surface area contributed by atoms with Crippen LogP contribution in [0.4, 0.5) is 0 Å². The van der Waals surface area contributed by atoms with Gasteiger partial charge in [0, 0.05) is 16.5 Å². The van der Waals surface area contributed by atoms with Crippen LogP contribution in [0.5, 0.6) is 0 Å². The van der Waals surface area contributed by atoms with Crippen LogP contribution in [0, 0.1) is 6.92 Å². The Morgan fingerprint density at radius 2 is 1.12 bits per heavy atom. The van der Waals surface area contributed by atoms with E-state index < -0.39 is 0 Å². The predicted molar refractivity (Wildman–Crippen MR) is 138 cm³/mol. The molecule has 0 atom stereocenters. The smallest absolute Gasteiger partial charge is 0.126 e. The molecule has 156 valence electrons. The fourth-order valence-corrected chi connectivity index (χ4v) is 4.70. The number of fused-ring (bicyclic) bond motifs is 2. The summed E-state index contributed by atoms with van der Waals surface area (Å²) in [7, 11) is 0. The lowest BCUT2D eigenvalue weighted by Crippen LogP contribution is -1.98. The summed E-state index contributed by atoms with van der Waals surface area (Å²) in [5.41, 5.74) is 7.81. The van der Waals surface area contributed by atoms with E-state index in [1.165, 1.54) is 27.5 Å². The van der Waals surface area contributed by atoms with Crippen LogP contribution < -0.4 is 0 Å². The van der Waals surface area contributed by atoms with Gasteiger partial charge in [-0.2, -0.15) is 0 Å². The van der Waals surface area contributed by atoms with Crippen LogP contribution in [0.3, 0.4) is 0 Å². The van der Waals surface area contributed by atoms with Crippen molar-refractivity contribution in [1.29, 1.82) is 0 Å². The third kappa shape index (κ3) is 3.37. The Labute approximate surface area is 193 Å². The van der Waals surface area contributed by atoms with Crippen LogP contribution in [-0.4, -0.2) is 9.97 Å². The molecule has 0 amide bonds. The maximum atomic E-state index is 5.01. The molecule has 0 spiro atoms. The van der Waals surface area contributed by atoms with E-state index in [1.807, 2.05) is 13.0 Å². The minimum atomic E-state index is 0.773. The molecular formula is C31H22N2. The fraction of sp³-hybridized carbons (Fsp3) is 0.0323. The van der Waals surface area contributed by atoms with Gasteiger partial charge in [0.05, 0.1) is 11.2 Å². The number of aromatic nitrogens is 2. The Morgan fingerprint density at radius 3 is 1.88 bits per heavy atom. The van der Waals surface area contributed by atoms with Gasteiger partial charge in [0.15, 0.2) is 0 Å². The Kier molecular flexibility index (Phi) is 4.70. The van der Waals surface area contributed by atoms with E-state index in [4.69, 9.17) is 9.97 Å². The molecular weight excluding hydrogens is 400 g/mol. The SMILES string of the molecule is Cc1nc(-c2ccccc2)c2cc3ccccc3c(-c3ccccc3-c3ccccc3)c2n1. The molecule has 2 nitrogen and oxygen atoms in total. The highest BCUT2D eigenvalue weighted by molar-refractivity contribution is 6.15. The first-order valence-electron chi connectivity index (χ1n) is 11.2. The van der Waals surface area contributed by atoms with Crippen LogP contribution in [0.1, 0.15) is 5.82 Å². The molecule has 0 aliphatic carbocycles. The zero-order valence-corrected chi connectivity index (χ0v) is 18.4. The monoisotopic (exact) mass is 422 g/mol. The van der Waals surface area contributed by atoms with Crippen molar-refractivity contribution < 1.29 is 0 Å². The lowest BCUT2D eigenvalue weighted by atomic mass is 9.89. The van der Waals surface area contributed by atoms with Crippen LogP contribution in [0.25, 0.3) is 55.2 Å². The molecule has 6 rings (SSSR count). The maximum absolute atomic E-state index is 5.01. The second-order valence-electron chi connectivity index (χ2n) is 8.27. The van der Waals surface area contributed by atoms with E-state index >= 15 is 0 Å². The molecule has 0 saturated carbocycles. The van der Waals surface area contributed by atoms with Gasteiger partial charge in [-0.1, -0.05) is 109 Å². The van der Waals surface area contributed by atoms with Gasteiger partial charge in [0.1, 0.15) is 5.82 Å². The summed E-state index contributed by atoms with van der Waals surface area (Å²) < 4.78 is 0. The van der Waals surface area contributed by atoms with E-state index in [0.29, 0.717) is 0 Å². The summed E-state index contributed by atoms with van der Waals surface area (Å²) in [5, 5.41) is 3.46. The number of hydrogen-bond donors (Lipinski definition) is 0. The molecule has 0 unspecified atom stereocenters. The molecule has 0 saturated heterocycles. The van der Waals surface area contributed by atoms with Crippen molar-refractivity contribution in [1.82, 2.24) is 9.97 Å². The first-order valence-corrected chi connectivity index (χ1v) is 11.2. The summed E-state index contributed by atoms with van der Waals surface area (Å²) in [6.07, 6.45) is 0. The standard InChI is InChI=1S/C31H22N2/c1-21-32-30(23-14-6-3-7-15-23)28-20-24-16-8-9-18-26(24)29(31(28)33-21)27-19-11-10-17-25(27)22-12-4-2-5-13-22/h2-20H,1H3. The van der Waals surface area contributed by atoms with Gasteiger partial charge in [-0.3, -0.25) is 0 Å². The summed E-state index contributed by atoms with van der Waals surface area (Å²) in [4.78, 5) is 9.89. The van der Waals surface area contributed by atoms with Crippen molar-refractivity contribution in [3.05, 3.63) is 121 Å². The minimum Gasteiger partial charge on any atom is -0.233 e. The largest absolute Gasteiger partial charge is 0.233 e. The van der Waals surface area contributed by atoms with Crippen molar-refractivity contribution in [3.63, 3.8) is 0 Å². The Balaban J connectivity index is 1.78. The first-order chi connectivity index (χ1) is 16.3. The topological polar surface area (TPSA) is 25.8 Å². The highest BCUT2D eigenvalue weighted by Crippen LogP contribution is 2.42. The van der Waals surface area contributed by atoms with Gasteiger partial charge in [-0.25, -0.2) is 9.97 Å². The van der Waals surface area contributed by atoms with Gasteiger partial charge < -0.3 is 0 Å². The van der Waals surface area contributed by atoms with E-state index in [-0.39, 0.29) is 0 Å². The summed E-state index contributed by atoms with van der Waals surface area (Å²) in [5.74, 6) is 0.773. The van der Waals surface area contributed by atoms with Crippen LogP contribution in [-0.2, 0) is 0 Å². The minimum absolute atomic E-state index is 0.773. The van der Waals surface area contributed by atoms with Crippen LogP contribution in [0.2, 0.25) is 0 Å². The lowest BCUT2D eigenvalue weighted by Gasteiger charge is -2.17. The second-order valence-corrected chi connectivity index (χ2v) is 8.27. The van der Waals surface area contributed by atoms with Gasteiger partial charge >= 0.3 is 0 Å². The van der Waals surface area contributed by atoms with Gasteiger partial charge in [-0.15, -0.1) is 0 Å². The van der Waals surface area contributed by atoms with Crippen molar-refractivity contribution in [2.45, 2.75) is 6.92 Å². The number of benzene rings is 5. The molecule has 1 heterocycles. The van der Waals surface area contributed by atoms with Crippen molar-refractivity contribution >= 4 is 21.7 Å². The summed E-state index contributed by atoms with van der Waals surface area (Å²) in [6.45, 7) is 1.98. The van der Waals surface area contributed by atoms with Gasteiger partial charge in [0.25, 0.3) is 0 Å². The third-order valence-electron chi connectivity index (χ3n) is 6.15. The Morgan fingerprint density at radius 1 is 0.515 bits per heavy atom. The van der Waals surface area contributed by atoms with Crippen LogP contribution >= 0.6 is 0 Å². The molecule has 0 radical (unpaired) electrons. The zero-order chi connectivity index (χ0) is 22.2. The average molecular weight is 423 g/mol. The highest BCUT2D eigenvalue weighted by atomic mass is 14.9. The molecule has 0 bridgehead atoms. The molecule has 0 N–H and O–H groups in total. The van der Waals surface area contributed by atoms with Gasteiger partial charge in [0.2, 0.25) is 0 Å². The van der Waals surface area contributed by atoms with Crippen molar-refractivity contribution in [2.75, 3.05) is 0 Å². The third-order valence-corrected chi connectivity index (χ3v) is 6.15. The van der Waals surface area contributed by atoms with E-state index in [0.717, 1.165) is 33.5 Å². The lowest BCUT2D eigenvalue weighted by molar-refractivity contribution is 1.10. The summed E-state index contributed by atoms with van der Waals surface area (Å²) in [6, 6.07) is 40.4. The fourth-order valence-electron chi connectivity index (χ4n) is 4.70. The molecule has 0 aliphatic rings. The average Bonchev–Trinajstić information content (AvgIpc) is 2.88. The maximum Gasteiger partial charge on any atom is 0.126 e. The quantitative estimate of drug-likeness (QED) is 0.269. The Hall–Kier alpha value is -4.30. The van der Waals surface area contributed by atoms with E-state index in [9.17, 15) is 0 Å². The molecule has 0 aliphatic heterocycles. The number of hydrogen-bond acceptors (Lipinski definition) is 2. The van der Waals surface area contributed by atoms with Gasteiger partial charge in [-0.05, 0) is 40.5 Å². The molecule has 5 aromatic carbocycles. The summed E-state index contributed by atoms with van der Waals surface area (Å²) >= 11 is 0. The zero-order valence-electron chi connectivity index (χ0n) is 18.4. The van der Waals surface area contributed by atoms with E-state index in [2.05, 4.69) is 109 Å². The van der Waals surface area contributed by atoms with Crippen LogP contribution in [0.15, 0.2) is 115 Å². The number of rotatable bonds is 3. The van der Waals surface area contributed by atoms with Crippen molar-refractivity contribution in [3.8, 4) is 33.5 Å². The molecule has 33 heavy (non-hydrogen) atoms. The number of aryl methyl sites for hydroxylation is 1. The second kappa shape index (κ2) is 7.99. The predicted octanol–water partition coefficient (Wildman–Crippen LogP) is 8.09. The molecule has 0 fully saturated rings. The van der Waals surface area contributed by atoms with E-state index in [1.54, 1.807) is 0 Å². The normalized spacial score (nSPS) is 11.2. The first kappa shape index (κ1) is 19.4. The number of nitrogens with zero attached hydrogens (tertiary/aromatic N) is 2. The highest BCUT2D eigenvalue weighted by Gasteiger charge is 2.18. The molecule has 1 aromatic heterocycles. The van der Waals surface area contributed by atoms with Crippen molar-refractivity contribution in [2.24, 2.45) is 0 Å². The Bertz CT molecular complexity index is 1600. The molecule has 2 heteroatoms. The molecule has 6 aromatic rings.